The van der Waals surface area contributed by atoms with Gasteiger partial charge in [0.25, 0.3) is 11.7 Å². The highest BCUT2D eigenvalue weighted by atomic mass is 16.6. The highest BCUT2D eigenvalue weighted by molar-refractivity contribution is 5.77. The predicted octanol–water partition coefficient (Wildman–Crippen LogP) is 1.02. The molecule has 0 bridgehead atoms. The van der Waals surface area contributed by atoms with E-state index < -0.39 is 10.8 Å². The van der Waals surface area contributed by atoms with Gasteiger partial charge < -0.3 is 15.5 Å². The summed E-state index contributed by atoms with van der Waals surface area (Å²) in [4.78, 5) is 24.6. The molecule has 8 heteroatoms. The van der Waals surface area contributed by atoms with Crippen molar-refractivity contribution in [1.82, 2.24) is 4.98 Å². The van der Waals surface area contributed by atoms with Gasteiger partial charge in [-0.05, 0) is 6.07 Å². The third-order valence-electron chi connectivity index (χ3n) is 2.23. The number of primary amides is 1. The average Bonchev–Trinajstić information content (AvgIpc) is 2.69. The molecule has 0 aliphatic heterocycles. The van der Waals surface area contributed by atoms with Gasteiger partial charge in [-0.2, -0.15) is 4.98 Å². The molecule has 1 heterocycles. The third kappa shape index (κ3) is 2.54. The van der Waals surface area contributed by atoms with Crippen LogP contribution in [0.5, 0.6) is 0 Å². The molecule has 0 fully saturated rings. The van der Waals surface area contributed by atoms with Crippen molar-refractivity contribution in [2.45, 2.75) is 6.42 Å². The van der Waals surface area contributed by atoms with Gasteiger partial charge in [0, 0.05) is 25.1 Å². The number of fused-ring (bicyclic) bond motifs is 1. The van der Waals surface area contributed by atoms with E-state index in [9.17, 15) is 14.9 Å². The van der Waals surface area contributed by atoms with Crippen molar-refractivity contribution in [3.05, 3.63) is 28.3 Å². The lowest BCUT2D eigenvalue weighted by atomic mass is 10.3. The van der Waals surface area contributed by atoms with Crippen molar-refractivity contribution in [1.29, 1.82) is 0 Å². The zero-order valence-electron chi connectivity index (χ0n) is 9.25. The molecule has 2 rings (SSSR count). The monoisotopic (exact) mass is 250 g/mol. The smallest absolute Gasteiger partial charge is 0.295 e. The van der Waals surface area contributed by atoms with Crippen LogP contribution in [0.15, 0.2) is 22.6 Å². The molecule has 3 N–H and O–H groups in total. The first-order valence-electron chi connectivity index (χ1n) is 5.13. The molecule has 8 nitrogen and oxygen atoms in total. The Labute approximate surface area is 101 Å². The number of nitrogens with two attached hydrogens (primary N) is 1. The lowest BCUT2D eigenvalue weighted by Gasteiger charge is -1.96. The Morgan fingerprint density at radius 3 is 3.00 bits per heavy atom. The normalized spacial score (nSPS) is 10.4. The first-order chi connectivity index (χ1) is 8.56. The average molecular weight is 250 g/mol. The number of anilines is 1. The van der Waals surface area contributed by atoms with Crippen molar-refractivity contribution in [3.8, 4) is 0 Å². The summed E-state index contributed by atoms with van der Waals surface area (Å²) in [7, 11) is 0. The van der Waals surface area contributed by atoms with E-state index in [1.807, 2.05) is 0 Å². The molecule has 1 aromatic heterocycles. The number of hydrogen-bond acceptors (Lipinski definition) is 6. The number of benzene rings is 1. The zero-order chi connectivity index (χ0) is 13.1. The molecule has 18 heavy (non-hydrogen) atoms. The van der Waals surface area contributed by atoms with E-state index >= 15 is 0 Å². The molecular formula is C10H10N4O4. The van der Waals surface area contributed by atoms with E-state index in [0.717, 1.165) is 0 Å². The number of nitro groups is 1. The van der Waals surface area contributed by atoms with E-state index in [-0.39, 0.29) is 18.1 Å². The van der Waals surface area contributed by atoms with Gasteiger partial charge in [0.1, 0.15) is 5.52 Å². The fourth-order valence-electron chi connectivity index (χ4n) is 1.40. The molecule has 0 aliphatic carbocycles. The van der Waals surface area contributed by atoms with Crippen LogP contribution in [0, 0.1) is 10.1 Å². The number of aromatic nitrogens is 1. The minimum absolute atomic E-state index is 0.0560. The van der Waals surface area contributed by atoms with E-state index in [0.29, 0.717) is 17.6 Å². The first kappa shape index (κ1) is 11.8. The fourth-order valence-corrected chi connectivity index (χ4v) is 1.40. The van der Waals surface area contributed by atoms with Crippen molar-refractivity contribution in [2.24, 2.45) is 5.73 Å². The summed E-state index contributed by atoms with van der Waals surface area (Å²) in [5, 5.41) is 13.3. The molecule has 0 unspecified atom stereocenters. The van der Waals surface area contributed by atoms with Gasteiger partial charge in [-0.1, -0.05) is 0 Å². The topological polar surface area (TPSA) is 124 Å². The predicted molar refractivity (Wildman–Crippen MR) is 63.0 cm³/mol. The molecular weight excluding hydrogens is 240 g/mol. The van der Waals surface area contributed by atoms with Crippen LogP contribution in [-0.4, -0.2) is 22.4 Å². The second kappa shape index (κ2) is 4.70. The molecule has 94 valence electrons. The maximum Gasteiger partial charge on any atom is 0.295 e. The number of carbonyl (C=O) groups excluding carboxylic acids is 1. The van der Waals surface area contributed by atoms with E-state index in [4.69, 9.17) is 10.2 Å². The Morgan fingerprint density at radius 1 is 1.56 bits per heavy atom. The van der Waals surface area contributed by atoms with Crippen LogP contribution in [0.1, 0.15) is 6.42 Å². The summed E-state index contributed by atoms with van der Waals surface area (Å²) in [6, 6.07) is 4.32. The summed E-state index contributed by atoms with van der Waals surface area (Å²) < 4.78 is 5.29. The van der Waals surface area contributed by atoms with Gasteiger partial charge >= 0.3 is 0 Å². The van der Waals surface area contributed by atoms with Crippen molar-refractivity contribution >= 4 is 28.7 Å². The zero-order valence-corrected chi connectivity index (χ0v) is 9.25. The summed E-state index contributed by atoms with van der Waals surface area (Å²) in [6.45, 7) is 0.296. The van der Waals surface area contributed by atoms with Gasteiger partial charge in [-0.25, -0.2) is 0 Å². The number of non-ortho nitro benzene ring substituents is 1. The van der Waals surface area contributed by atoms with Crippen LogP contribution in [0.3, 0.4) is 0 Å². The van der Waals surface area contributed by atoms with Gasteiger partial charge in [0.2, 0.25) is 5.91 Å². The Balaban J connectivity index is 2.16. The van der Waals surface area contributed by atoms with Crippen LogP contribution >= 0.6 is 0 Å². The van der Waals surface area contributed by atoms with Crippen molar-refractivity contribution in [3.63, 3.8) is 0 Å². The Hall–Kier alpha value is -2.64. The number of rotatable bonds is 5. The SMILES string of the molecule is NC(=O)CCNc1nc2cc([N+](=O)[O-])ccc2o1. The standard InChI is InChI=1S/C10H10N4O4/c11-9(15)3-4-12-10-13-7-5-6(14(16)17)1-2-8(7)18-10/h1-2,5H,3-4H2,(H2,11,15)(H,12,13). The van der Waals surface area contributed by atoms with Gasteiger partial charge in [0.15, 0.2) is 5.58 Å². The number of amides is 1. The lowest BCUT2D eigenvalue weighted by Crippen LogP contribution is -2.15. The molecule has 1 amide bonds. The number of nitrogens with one attached hydrogen (secondary N) is 1. The highest BCUT2D eigenvalue weighted by Crippen LogP contribution is 2.23. The maximum atomic E-state index is 10.6. The van der Waals surface area contributed by atoms with E-state index in [2.05, 4.69) is 10.3 Å². The van der Waals surface area contributed by atoms with Gasteiger partial charge in [-0.15, -0.1) is 0 Å². The van der Waals surface area contributed by atoms with Gasteiger partial charge in [0.05, 0.1) is 4.92 Å². The molecule has 2 aromatic rings. The summed E-state index contributed by atoms with van der Waals surface area (Å²) >= 11 is 0. The van der Waals surface area contributed by atoms with Crippen molar-refractivity contribution < 1.29 is 14.1 Å². The molecule has 0 radical (unpaired) electrons. The maximum absolute atomic E-state index is 10.6. The fraction of sp³-hybridized carbons (Fsp3) is 0.200. The Kier molecular flexibility index (Phi) is 3.09. The Morgan fingerprint density at radius 2 is 2.33 bits per heavy atom. The minimum atomic E-state index is -0.506. The van der Waals surface area contributed by atoms with Crippen molar-refractivity contribution in [2.75, 3.05) is 11.9 Å². The Bertz CT molecular complexity index is 607. The molecule has 0 saturated heterocycles. The summed E-state index contributed by atoms with van der Waals surface area (Å²) in [5.41, 5.74) is 5.74. The van der Waals surface area contributed by atoms with E-state index in [1.54, 1.807) is 0 Å². The summed E-state index contributed by atoms with van der Waals surface area (Å²) in [6.07, 6.45) is 0.152. The quantitative estimate of drug-likeness (QED) is 0.603. The number of oxazole rings is 1. The van der Waals surface area contributed by atoms with Gasteiger partial charge in [-0.3, -0.25) is 14.9 Å². The van der Waals surface area contributed by atoms with E-state index in [1.165, 1.54) is 18.2 Å². The number of hydrogen-bond donors (Lipinski definition) is 2. The molecule has 0 aliphatic rings. The second-order valence-corrected chi connectivity index (χ2v) is 3.57. The minimum Gasteiger partial charge on any atom is -0.424 e. The molecule has 0 saturated carbocycles. The van der Waals surface area contributed by atoms with Crippen LogP contribution in [0.25, 0.3) is 11.1 Å². The first-order valence-corrected chi connectivity index (χ1v) is 5.13. The van der Waals surface area contributed by atoms with Crippen LogP contribution in [0.2, 0.25) is 0 Å². The van der Waals surface area contributed by atoms with Crippen LogP contribution < -0.4 is 11.1 Å². The molecule has 0 spiro atoms. The largest absolute Gasteiger partial charge is 0.424 e. The number of nitrogens with zero attached hydrogens (tertiary/aromatic N) is 2. The highest BCUT2D eigenvalue weighted by Gasteiger charge is 2.11. The lowest BCUT2D eigenvalue weighted by molar-refractivity contribution is -0.384. The molecule has 0 atom stereocenters. The summed E-state index contributed by atoms with van der Waals surface area (Å²) in [5.74, 6) is -0.436. The van der Waals surface area contributed by atoms with Crippen LogP contribution in [0.4, 0.5) is 11.7 Å². The number of carbonyl (C=O) groups is 1. The number of nitro benzene ring substituents is 1. The third-order valence-corrected chi connectivity index (χ3v) is 2.23. The molecule has 1 aromatic carbocycles. The van der Waals surface area contributed by atoms with Crippen LogP contribution in [-0.2, 0) is 4.79 Å². The second-order valence-electron chi connectivity index (χ2n) is 3.57.